The van der Waals surface area contributed by atoms with Crippen LogP contribution in [0.5, 0.6) is 0 Å². The smallest absolute Gasteiger partial charge is 0.324 e. The number of aromatic amines is 1. The van der Waals surface area contributed by atoms with Crippen molar-refractivity contribution in [2.75, 3.05) is 16.0 Å². The van der Waals surface area contributed by atoms with E-state index >= 15 is 0 Å². The Balaban J connectivity index is 2.00. The number of urea groups is 1. The molecule has 8 heteroatoms. The summed E-state index contributed by atoms with van der Waals surface area (Å²) in [6.45, 7) is 1.40. The van der Waals surface area contributed by atoms with Gasteiger partial charge in [-0.05, 0) is 24.3 Å². The van der Waals surface area contributed by atoms with Crippen LogP contribution in [0.1, 0.15) is 6.92 Å². The predicted molar refractivity (Wildman–Crippen MR) is 78.2 cm³/mol. The fraction of sp³-hybridized carbons (Fsp3) is 0.0769. The van der Waals surface area contributed by atoms with Crippen molar-refractivity contribution in [2.45, 2.75) is 6.92 Å². The van der Waals surface area contributed by atoms with Crippen LogP contribution < -0.4 is 21.5 Å². The van der Waals surface area contributed by atoms with Crippen LogP contribution in [-0.2, 0) is 4.79 Å². The number of carbonyl (C=O) groups is 2. The van der Waals surface area contributed by atoms with E-state index in [1.165, 1.54) is 19.1 Å². The first-order valence-corrected chi connectivity index (χ1v) is 6.04. The number of hydrogen-bond acceptors (Lipinski definition) is 4. The number of amides is 3. The molecule has 1 aromatic carbocycles. The number of hydrogen-bond donors (Lipinski definition) is 4. The lowest BCUT2D eigenvalue weighted by Gasteiger charge is -2.08. The summed E-state index contributed by atoms with van der Waals surface area (Å²) in [5.74, 6) is 0.0131. The standard InChI is InChI=1S/C13H13N5O3/c1-8(19)14-9-3-2-4-10(7-9)15-13(21)16-11-5-6-12(20)18-17-11/h2-7H,1H3,(H,14,19)(H,18,20)(H2,15,16,17,21). The highest BCUT2D eigenvalue weighted by Gasteiger charge is 2.04. The van der Waals surface area contributed by atoms with E-state index in [9.17, 15) is 14.4 Å². The minimum absolute atomic E-state index is 0.200. The van der Waals surface area contributed by atoms with Gasteiger partial charge in [0.15, 0.2) is 5.82 Å². The van der Waals surface area contributed by atoms with Gasteiger partial charge in [-0.15, -0.1) is 0 Å². The van der Waals surface area contributed by atoms with Crippen molar-refractivity contribution in [3.05, 3.63) is 46.8 Å². The summed E-state index contributed by atoms with van der Waals surface area (Å²) in [5.41, 5.74) is 0.717. The summed E-state index contributed by atoms with van der Waals surface area (Å²) in [5, 5.41) is 13.5. The maximum atomic E-state index is 11.8. The van der Waals surface area contributed by atoms with Crippen LogP contribution in [0.4, 0.5) is 22.0 Å². The molecule has 2 aromatic rings. The Hall–Kier alpha value is -3.16. The number of H-pyrrole nitrogens is 1. The fourth-order valence-corrected chi connectivity index (χ4v) is 1.57. The first-order valence-electron chi connectivity index (χ1n) is 6.04. The molecule has 3 amide bonds. The minimum atomic E-state index is -0.519. The molecule has 0 aliphatic heterocycles. The zero-order chi connectivity index (χ0) is 15.2. The summed E-state index contributed by atoms with van der Waals surface area (Å²) >= 11 is 0. The van der Waals surface area contributed by atoms with Gasteiger partial charge in [-0.25, -0.2) is 9.89 Å². The highest BCUT2D eigenvalue weighted by Crippen LogP contribution is 2.15. The molecule has 0 spiro atoms. The molecule has 4 N–H and O–H groups in total. The van der Waals surface area contributed by atoms with E-state index in [0.29, 0.717) is 11.4 Å². The number of carbonyl (C=O) groups excluding carboxylic acids is 2. The molecular formula is C13H13N5O3. The summed E-state index contributed by atoms with van der Waals surface area (Å²) in [7, 11) is 0. The van der Waals surface area contributed by atoms with E-state index in [1.54, 1.807) is 24.3 Å². The average molecular weight is 287 g/mol. The highest BCUT2D eigenvalue weighted by atomic mass is 16.2. The Morgan fingerprint density at radius 3 is 2.38 bits per heavy atom. The van der Waals surface area contributed by atoms with Gasteiger partial charge in [0.05, 0.1) is 0 Å². The lowest BCUT2D eigenvalue weighted by molar-refractivity contribution is -0.114. The summed E-state index contributed by atoms with van der Waals surface area (Å²) < 4.78 is 0. The molecule has 0 saturated carbocycles. The SMILES string of the molecule is CC(=O)Nc1cccc(NC(=O)Nc2ccc(=O)[nH]n2)c1. The Kier molecular flexibility index (Phi) is 4.30. The summed E-state index contributed by atoms with van der Waals surface area (Å²) in [6, 6.07) is 8.79. The second kappa shape index (κ2) is 6.33. The average Bonchev–Trinajstić information content (AvgIpc) is 2.41. The van der Waals surface area contributed by atoms with E-state index < -0.39 is 6.03 Å². The predicted octanol–water partition coefficient (Wildman–Crippen LogP) is 1.37. The van der Waals surface area contributed by atoms with Crippen LogP contribution in [0.25, 0.3) is 0 Å². The van der Waals surface area contributed by atoms with E-state index in [4.69, 9.17) is 0 Å². The molecule has 21 heavy (non-hydrogen) atoms. The third kappa shape index (κ3) is 4.46. The van der Waals surface area contributed by atoms with E-state index in [-0.39, 0.29) is 17.3 Å². The number of nitrogens with one attached hydrogen (secondary N) is 4. The van der Waals surface area contributed by atoms with Crippen LogP contribution >= 0.6 is 0 Å². The highest BCUT2D eigenvalue weighted by molar-refractivity contribution is 5.99. The van der Waals surface area contributed by atoms with Gasteiger partial charge in [0, 0.05) is 24.4 Å². The third-order valence-corrected chi connectivity index (χ3v) is 2.36. The number of rotatable bonds is 3. The third-order valence-electron chi connectivity index (χ3n) is 2.36. The molecule has 2 rings (SSSR count). The lowest BCUT2D eigenvalue weighted by Crippen LogP contribution is -2.21. The van der Waals surface area contributed by atoms with Crippen molar-refractivity contribution in [3.8, 4) is 0 Å². The molecule has 108 valence electrons. The molecule has 0 atom stereocenters. The summed E-state index contributed by atoms with van der Waals surface area (Å²) in [6.07, 6.45) is 0. The molecule has 0 aliphatic rings. The van der Waals surface area contributed by atoms with Crippen molar-refractivity contribution in [3.63, 3.8) is 0 Å². The zero-order valence-corrected chi connectivity index (χ0v) is 11.1. The zero-order valence-electron chi connectivity index (χ0n) is 11.1. The Labute approximate surface area is 119 Å². The molecular weight excluding hydrogens is 274 g/mol. The summed E-state index contributed by atoms with van der Waals surface area (Å²) in [4.78, 5) is 33.6. The first kappa shape index (κ1) is 14.3. The first-order chi connectivity index (χ1) is 10.0. The van der Waals surface area contributed by atoms with E-state index in [2.05, 4.69) is 26.1 Å². The maximum absolute atomic E-state index is 11.8. The molecule has 0 saturated heterocycles. The monoisotopic (exact) mass is 287 g/mol. The molecule has 0 fully saturated rings. The lowest BCUT2D eigenvalue weighted by atomic mass is 10.3. The van der Waals surface area contributed by atoms with E-state index in [1.807, 2.05) is 0 Å². The topological polar surface area (TPSA) is 116 Å². The van der Waals surface area contributed by atoms with Gasteiger partial charge in [-0.1, -0.05) is 6.07 Å². The Morgan fingerprint density at radius 1 is 1.05 bits per heavy atom. The van der Waals surface area contributed by atoms with Crippen LogP contribution in [-0.4, -0.2) is 22.1 Å². The molecule has 0 aliphatic carbocycles. The van der Waals surface area contributed by atoms with Gasteiger partial charge in [0.25, 0.3) is 5.56 Å². The molecule has 1 aromatic heterocycles. The van der Waals surface area contributed by atoms with Gasteiger partial charge in [-0.2, -0.15) is 5.10 Å². The van der Waals surface area contributed by atoms with Crippen LogP contribution in [0.3, 0.4) is 0 Å². The van der Waals surface area contributed by atoms with E-state index in [0.717, 1.165) is 0 Å². The van der Waals surface area contributed by atoms with Crippen LogP contribution in [0.15, 0.2) is 41.2 Å². The van der Waals surface area contributed by atoms with Crippen molar-refractivity contribution in [1.82, 2.24) is 10.2 Å². The molecule has 0 bridgehead atoms. The van der Waals surface area contributed by atoms with Crippen molar-refractivity contribution in [2.24, 2.45) is 0 Å². The van der Waals surface area contributed by atoms with Crippen LogP contribution in [0, 0.1) is 0 Å². The Bertz CT molecular complexity index is 705. The quantitative estimate of drug-likeness (QED) is 0.682. The molecule has 0 unspecified atom stereocenters. The maximum Gasteiger partial charge on any atom is 0.324 e. The largest absolute Gasteiger partial charge is 0.326 e. The minimum Gasteiger partial charge on any atom is -0.326 e. The number of benzene rings is 1. The number of nitrogens with zero attached hydrogens (tertiary/aromatic N) is 1. The van der Waals surface area contributed by atoms with Gasteiger partial charge in [-0.3, -0.25) is 14.9 Å². The van der Waals surface area contributed by atoms with Gasteiger partial charge < -0.3 is 10.6 Å². The molecule has 8 nitrogen and oxygen atoms in total. The van der Waals surface area contributed by atoms with Gasteiger partial charge in [0.1, 0.15) is 0 Å². The normalized spacial score (nSPS) is 9.76. The second-order valence-corrected chi connectivity index (χ2v) is 4.15. The number of aromatic nitrogens is 2. The van der Waals surface area contributed by atoms with Crippen LogP contribution in [0.2, 0.25) is 0 Å². The fourth-order valence-electron chi connectivity index (χ4n) is 1.57. The number of anilines is 3. The second-order valence-electron chi connectivity index (χ2n) is 4.15. The molecule has 1 heterocycles. The van der Waals surface area contributed by atoms with Gasteiger partial charge in [0.2, 0.25) is 5.91 Å². The Morgan fingerprint density at radius 2 is 1.76 bits per heavy atom. The van der Waals surface area contributed by atoms with Crippen molar-refractivity contribution in [1.29, 1.82) is 0 Å². The molecule has 0 radical (unpaired) electrons. The van der Waals surface area contributed by atoms with Gasteiger partial charge >= 0.3 is 6.03 Å². The van der Waals surface area contributed by atoms with Crippen molar-refractivity contribution < 1.29 is 9.59 Å². The van der Waals surface area contributed by atoms with Crippen molar-refractivity contribution >= 4 is 29.1 Å².